The minimum Gasteiger partial charge on any atom is -0.310 e. The van der Waals surface area contributed by atoms with Crippen LogP contribution in [0.5, 0.6) is 0 Å². The number of hydrogen-bond donors (Lipinski definition) is 1. The molecule has 0 aromatic heterocycles. The molecular formula is C20H25N. The van der Waals surface area contributed by atoms with Crippen LogP contribution >= 0.6 is 0 Å². The zero-order chi connectivity index (χ0) is 14.5. The summed E-state index contributed by atoms with van der Waals surface area (Å²) in [6.07, 6.45) is 5.28. The summed E-state index contributed by atoms with van der Waals surface area (Å²) in [4.78, 5) is 0. The highest BCUT2D eigenvalue weighted by atomic mass is 15.0. The van der Waals surface area contributed by atoms with Crippen molar-refractivity contribution in [2.45, 2.75) is 44.1 Å². The molecule has 0 radical (unpaired) electrons. The second kappa shape index (κ2) is 6.44. The van der Waals surface area contributed by atoms with Gasteiger partial charge in [0.25, 0.3) is 0 Å². The van der Waals surface area contributed by atoms with Crippen LogP contribution in [0.1, 0.15) is 49.7 Å². The Bertz CT molecular complexity index is 498. The van der Waals surface area contributed by atoms with E-state index in [1.54, 1.807) is 0 Å². The van der Waals surface area contributed by atoms with Crippen LogP contribution in [0, 0.1) is 0 Å². The van der Waals surface area contributed by atoms with Crippen molar-refractivity contribution < 1.29 is 0 Å². The number of benzene rings is 2. The highest BCUT2D eigenvalue weighted by Gasteiger charge is 2.35. The van der Waals surface area contributed by atoms with Gasteiger partial charge in [0.1, 0.15) is 0 Å². The van der Waals surface area contributed by atoms with Gasteiger partial charge in [0, 0.05) is 18.0 Å². The number of hydrogen-bond acceptors (Lipinski definition) is 1. The largest absolute Gasteiger partial charge is 0.310 e. The minimum atomic E-state index is 0.405. The maximum Gasteiger partial charge on any atom is 0.0214 e. The Morgan fingerprint density at radius 1 is 0.905 bits per heavy atom. The minimum absolute atomic E-state index is 0.405. The van der Waals surface area contributed by atoms with Gasteiger partial charge in [-0.15, -0.1) is 0 Å². The standard InChI is InChI=1S/C20H25N/c1-2-20(14-9-15-20)21-16-19(17-10-5-3-6-11-17)18-12-7-4-8-13-18/h3-8,10-13,19,21H,2,9,14-16H2,1H3. The molecule has 1 heteroatoms. The van der Waals surface area contributed by atoms with E-state index in [-0.39, 0.29) is 0 Å². The molecule has 1 aliphatic carbocycles. The Balaban J connectivity index is 1.80. The third-order valence-electron chi connectivity index (χ3n) is 5.07. The van der Waals surface area contributed by atoms with Gasteiger partial charge in [0.2, 0.25) is 0 Å². The summed E-state index contributed by atoms with van der Waals surface area (Å²) in [6, 6.07) is 21.8. The van der Waals surface area contributed by atoms with E-state index in [1.165, 1.54) is 36.8 Å². The average molecular weight is 279 g/mol. The van der Waals surface area contributed by atoms with Gasteiger partial charge in [-0.2, -0.15) is 0 Å². The SMILES string of the molecule is CCC1(NCC(c2ccccc2)c2ccccc2)CCC1. The van der Waals surface area contributed by atoms with Gasteiger partial charge >= 0.3 is 0 Å². The van der Waals surface area contributed by atoms with Crippen LogP contribution in [0.25, 0.3) is 0 Å². The van der Waals surface area contributed by atoms with Crippen LogP contribution in [0.15, 0.2) is 60.7 Å². The first-order chi connectivity index (χ1) is 10.3. The summed E-state index contributed by atoms with van der Waals surface area (Å²) in [5, 5.41) is 3.88. The molecule has 3 rings (SSSR count). The Kier molecular flexibility index (Phi) is 4.40. The predicted octanol–water partition coefficient (Wildman–Crippen LogP) is 4.74. The maximum atomic E-state index is 3.88. The molecule has 110 valence electrons. The molecule has 0 saturated heterocycles. The highest BCUT2D eigenvalue weighted by molar-refractivity contribution is 5.32. The summed E-state index contributed by atoms with van der Waals surface area (Å²) >= 11 is 0. The summed E-state index contributed by atoms with van der Waals surface area (Å²) in [7, 11) is 0. The molecule has 0 amide bonds. The quantitative estimate of drug-likeness (QED) is 0.805. The van der Waals surface area contributed by atoms with Crippen LogP contribution < -0.4 is 5.32 Å². The van der Waals surface area contributed by atoms with Crippen molar-refractivity contribution in [1.29, 1.82) is 0 Å². The van der Waals surface area contributed by atoms with E-state index in [2.05, 4.69) is 72.9 Å². The third kappa shape index (κ3) is 3.19. The second-order valence-electron chi connectivity index (χ2n) is 6.24. The molecule has 0 unspecified atom stereocenters. The van der Waals surface area contributed by atoms with Crippen molar-refractivity contribution >= 4 is 0 Å². The summed E-state index contributed by atoms with van der Waals surface area (Å²) in [5.41, 5.74) is 3.21. The monoisotopic (exact) mass is 279 g/mol. The van der Waals surface area contributed by atoms with Crippen molar-refractivity contribution in [3.8, 4) is 0 Å². The fraction of sp³-hybridized carbons (Fsp3) is 0.400. The average Bonchev–Trinajstić information content (AvgIpc) is 2.52. The highest BCUT2D eigenvalue weighted by Crippen LogP contribution is 2.35. The lowest BCUT2D eigenvalue weighted by atomic mass is 9.74. The van der Waals surface area contributed by atoms with Gasteiger partial charge in [0.05, 0.1) is 0 Å². The summed E-state index contributed by atoms with van der Waals surface area (Å²) < 4.78 is 0. The topological polar surface area (TPSA) is 12.0 Å². The smallest absolute Gasteiger partial charge is 0.0214 e. The van der Waals surface area contributed by atoms with Crippen molar-refractivity contribution in [2.75, 3.05) is 6.54 Å². The number of rotatable bonds is 6. The fourth-order valence-corrected chi connectivity index (χ4v) is 3.38. The van der Waals surface area contributed by atoms with Crippen LogP contribution in [0.3, 0.4) is 0 Å². The molecule has 1 nitrogen and oxygen atoms in total. The first-order valence-electron chi connectivity index (χ1n) is 8.18. The molecule has 0 spiro atoms. The predicted molar refractivity (Wildman–Crippen MR) is 89.6 cm³/mol. The molecule has 1 fully saturated rings. The summed E-state index contributed by atoms with van der Waals surface area (Å²) in [5.74, 6) is 0.441. The molecule has 0 bridgehead atoms. The Morgan fingerprint density at radius 2 is 1.43 bits per heavy atom. The first-order valence-corrected chi connectivity index (χ1v) is 8.18. The van der Waals surface area contributed by atoms with E-state index in [1.807, 2.05) is 0 Å². The van der Waals surface area contributed by atoms with Gasteiger partial charge in [-0.1, -0.05) is 67.6 Å². The van der Waals surface area contributed by atoms with E-state index in [4.69, 9.17) is 0 Å². The van der Waals surface area contributed by atoms with Crippen molar-refractivity contribution in [3.63, 3.8) is 0 Å². The lowest BCUT2D eigenvalue weighted by Crippen LogP contribution is -2.51. The number of nitrogens with one attached hydrogen (secondary N) is 1. The van der Waals surface area contributed by atoms with Crippen molar-refractivity contribution in [1.82, 2.24) is 5.32 Å². The Morgan fingerprint density at radius 3 is 1.81 bits per heavy atom. The van der Waals surface area contributed by atoms with E-state index in [0.717, 1.165) is 6.54 Å². The van der Waals surface area contributed by atoms with Crippen LogP contribution in [-0.4, -0.2) is 12.1 Å². The lowest BCUT2D eigenvalue weighted by molar-refractivity contribution is 0.176. The molecular weight excluding hydrogens is 254 g/mol. The van der Waals surface area contributed by atoms with E-state index >= 15 is 0 Å². The van der Waals surface area contributed by atoms with Gasteiger partial charge < -0.3 is 5.32 Å². The molecule has 21 heavy (non-hydrogen) atoms. The zero-order valence-corrected chi connectivity index (χ0v) is 12.9. The second-order valence-corrected chi connectivity index (χ2v) is 6.24. The molecule has 0 atom stereocenters. The summed E-state index contributed by atoms with van der Waals surface area (Å²) in [6.45, 7) is 3.34. The van der Waals surface area contributed by atoms with Crippen molar-refractivity contribution in [3.05, 3.63) is 71.8 Å². The molecule has 0 heterocycles. The van der Waals surface area contributed by atoms with E-state index < -0.39 is 0 Å². The fourth-order valence-electron chi connectivity index (χ4n) is 3.38. The van der Waals surface area contributed by atoms with E-state index in [0.29, 0.717) is 11.5 Å². The third-order valence-corrected chi connectivity index (χ3v) is 5.07. The first kappa shape index (κ1) is 14.3. The molecule has 1 saturated carbocycles. The Hall–Kier alpha value is -1.60. The van der Waals surface area contributed by atoms with Gasteiger partial charge in [-0.25, -0.2) is 0 Å². The van der Waals surface area contributed by atoms with Gasteiger partial charge in [0.15, 0.2) is 0 Å². The molecule has 1 N–H and O–H groups in total. The molecule has 1 aliphatic rings. The zero-order valence-electron chi connectivity index (χ0n) is 12.9. The normalized spacial score (nSPS) is 16.7. The van der Waals surface area contributed by atoms with Crippen molar-refractivity contribution in [2.24, 2.45) is 0 Å². The molecule has 2 aromatic carbocycles. The molecule has 0 aliphatic heterocycles. The van der Waals surface area contributed by atoms with Crippen LogP contribution in [-0.2, 0) is 0 Å². The lowest BCUT2D eigenvalue weighted by Gasteiger charge is -2.43. The van der Waals surface area contributed by atoms with Gasteiger partial charge in [-0.05, 0) is 36.8 Å². The Labute approximate surface area is 128 Å². The van der Waals surface area contributed by atoms with Crippen LogP contribution in [0.2, 0.25) is 0 Å². The van der Waals surface area contributed by atoms with Gasteiger partial charge in [-0.3, -0.25) is 0 Å². The van der Waals surface area contributed by atoms with Crippen LogP contribution in [0.4, 0.5) is 0 Å². The molecule has 2 aromatic rings. The maximum absolute atomic E-state index is 3.88. The van der Waals surface area contributed by atoms with E-state index in [9.17, 15) is 0 Å².